The Morgan fingerprint density at radius 1 is 0.727 bits per heavy atom. The molecule has 0 amide bonds. The molecule has 3 heteroatoms. The molecule has 0 spiro atoms. The molecule has 2 nitrogen and oxygen atoms in total. The van der Waals surface area contributed by atoms with Gasteiger partial charge in [0.15, 0.2) is 0 Å². The molecular weight excluding hydrogens is 411 g/mol. The average Bonchev–Trinajstić information content (AvgIpc) is 2.84. The Labute approximate surface area is 200 Å². The van der Waals surface area contributed by atoms with Gasteiger partial charge in [-0.1, -0.05) is 95.9 Å². The van der Waals surface area contributed by atoms with Crippen LogP contribution in [0.3, 0.4) is 0 Å². The van der Waals surface area contributed by atoms with Crippen LogP contribution in [-0.4, -0.2) is 5.97 Å². The van der Waals surface area contributed by atoms with Gasteiger partial charge in [0, 0.05) is 5.56 Å². The third-order valence-corrected chi connectivity index (χ3v) is 5.98. The molecule has 0 aliphatic carbocycles. The summed E-state index contributed by atoms with van der Waals surface area (Å²) in [7, 11) is 0. The molecular formula is C30H41FO2. The van der Waals surface area contributed by atoms with Gasteiger partial charge >= 0.3 is 5.97 Å². The molecule has 0 saturated heterocycles. The van der Waals surface area contributed by atoms with Crippen molar-refractivity contribution >= 4 is 11.8 Å². The van der Waals surface area contributed by atoms with Gasteiger partial charge < -0.3 is 4.74 Å². The van der Waals surface area contributed by atoms with E-state index in [9.17, 15) is 9.18 Å². The number of esters is 1. The minimum Gasteiger partial charge on any atom is -0.423 e. The maximum absolute atomic E-state index is 14.3. The standard InChI is InChI=1S/C30H41FO2/c1-3-5-7-9-11-13-15-25-17-23-28(24-18-25)33-30(32)27-21-19-26(20-22-27)29(31)16-14-12-10-8-6-4-2/h16-24H,3-15H2,1-2H3/b29-16+. The van der Waals surface area contributed by atoms with Crippen molar-refractivity contribution in [3.63, 3.8) is 0 Å². The molecule has 0 aromatic heterocycles. The quantitative estimate of drug-likeness (QED) is 0.144. The van der Waals surface area contributed by atoms with Crippen molar-refractivity contribution < 1.29 is 13.9 Å². The van der Waals surface area contributed by atoms with E-state index in [1.54, 1.807) is 30.3 Å². The predicted molar refractivity (Wildman–Crippen MR) is 137 cm³/mol. The zero-order valence-corrected chi connectivity index (χ0v) is 20.6. The Morgan fingerprint density at radius 2 is 1.27 bits per heavy atom. The van der Waals surface area contributed by atoms with E-state index in [0.29, 0.717) is 16.9 Å². The van der Waals surface area contributed by atoms with Crippen LogP contribution in [0.2, 0.25) is 0 Å². The minimum atomic E-state index is -0.425. The summed E-state index contributed by atoms with van der Waals surface area (Å²) in [5, 5.41) is 0. The van der Waals surface area contributed by atoms with Crippen LogP contribution in [0.1, 0.15) is 112 Å². The molecule has 0 unspecified atom stereocenters. The van der Waals surface area contributed by atoms with Gasteiger partial charge in [-0.15, -0.1) is 0 Å². The van der Waals surface area contributed by atoms with Crippen LogP contribution in [0.25, 0.3) is 5.83 Å². The molecule has 180 valence electrons. The zero-order valence-electron chi connectivity index (χ0n) is 20.6. The zero-order chi connectivity index (χ0) is 23.7. The Bertz CT molecular complexity index is 821. The highest BCUT2D eigenvalue weighted by atomic mass is 19.1. The minimum absolute atomic E-state index is 0.230. The van der Waals surface area contributed by atoms with Crippen LogP contribution in [0, 0.1) is 0 Å². The van der Waals surface area contributed by atoms with E-state index in [1.807, 2.05) is 24.3 Å². The van der Waals surface area contributed by atoms with Gasteiger partial charge in [0.25, 0.3) is 0 Å². The highest BCUT2D eigenvalue weighted by Crippen LogP contribution is 2.20. The Balaban J connectivity index is 1.77. The van der Waals surface area contributed by atoms with Crippen molar-refractivity contribution in [3.8, 4) is 5.75 Å². The van der Waals surface area contributed by atoms with E-state index in [1.165, 1.54) is 63.4 Å². The number of unbranched alkanes of at least 4 members (excludes halogenated alkanes) is 10. The third kappa shape index (κ3) is 10.8. The molecule has 2 aromatic rings. The number of hydrogen-bond donors (Lipinski definition) is 0. The van der Waals surface area contributed by atoms with Crippen LogP contribution in [0.15, 0.2) is 54.6 Å². The van der Waals surface area contributed by atoms with Crippen LogP contribution in [0.5, 0.6) is 5.75 Å². The number of hydrogen-bond acceptors (Lipinski definition) is 2. The van der Waals surface area contributed by atoms with Gasteiger partial charge in [-0.05, 0) is 61.6 Å². The van der Waals surface area contributed by atoms with Gasteiger partial charge in [0.2, 0.25) is 0 Å². The lowest BCUT2D eigenvalue weighted by Gasteiger charge is -2.07. The highest BCUT2D eigenvalue weighted by Gasteiger charge is 2.10. The van der Waals surface area contributed by atoms with Crippen molar-refractivity contribution in [1.82, 2.24) is 0 Å². The average molecular weight is 453 g/mol. The Kier molecular flexibility index (Phi) is 13.2. The second-order valence-corrected chi connectivity index (χ2v) is 8.88. The Hall–Kier alpha value is -2.42. The van der Waals surface area contributed by atoms with E-state index >= 15 is 0 Å². The molecule has 33 heavy (non-hydrogen) atoms. The van der Waals surface area contributed by atoms with E-state index in [0.717, 1.165) is 25.7 Å². The predicted octanol–water partition coefficient (Wildman–Crippen LogP) is 9.48. The maximum Gasteiger partial charge on any atom is 0.343 e. The van der Waals surface area contributed by atoms with Crippen molar-refractivity contribution in [1.29, 1.82) is 0 Å². The normalized spacial score (nSPS) is 11.5. The molecule has 0 fully saturated rings. The van der Waals surface area contributed by atoms with Crippen molar-refractivity contribution in [3.05, 3.63) is 71.3 Å². The van der Waals surface area contributed by atoms with Crippen LogP contribution in [0.4, 0.5) is 4.39 Å². The van der Waals surface area contributed by atoms with Crippen molar-refractivity contribution in [2.45, 2.75) is 97.3 Å². The number of aryl methyl sites for hydroxylation is 1. The second-order valence-electron chi connectivity index (χ2n) is 8.88. The molecule has 0 heterocycles. The van der Waals surface area contributed by atoms with Crippen LogP contribution >= 0.6 is 0 Å². The summed E-state index contributed by atoms with van der Waals surface area (Å²) in [4.78, 5) is 12.4. The lowest BCUT2D eigenvalue weighted by atomic mass is 10.0. The summed E-state index contributed by atoms with van der Waals surface area (Å²) in [6.45, 7) is 4.42. The second kappa shape index (κ2) is 16.2. The lowest BCUT2D eigenvalue weighted by Crippen LogP contribution is -2.08. The van der Waals surface area contributed by atoms with Gasteiger partial charge in [0.1, 0.15) is 11.6 Å². The summed E-state index contributed by atoms with van der Waals surface area (Å²) in [6, 6.07) is 14.3. The SMILES string of the molecule is CCCCCCC/C=C(/F)c1ccc(C(=O)Oc2ccc(CCCCCCCC)cc2)cc1. The first-order valence-corrected chi connectivity index (χ1v) is 12.9. The lowest BCUT2D eigenvalue weighted by molar-refractivity contribution is 0.0734. The number of ether oxygens (including phenoxy) is 1. The third-order valence-electron chi connectivity index (χ3n) is 5.98. The molecule has 0 bridgehead atoms. The number of rotatable bonds is 16. The van der Waals surface area contributed by atoms with E-state index in [4.69, 9.17) is 4.74 Å². The molecule has 0 aliphatic heterocycles. The van der Waals surface area contributed by atoms with Gasteiger partial charge in [-0.25, -0.2) is 9.18 Å². The van der Waals surface area contributed by atoms with Crippen LogP contribution in [-0.2, 0) is 6.42 Å². The molecule has 0 atom stereocenters. The molecule has 2 rings (SSSR count). The number of allylic oxidation sites excluding steroid dienone is 1. The fourth-order valence-electron chi connectivity index (χ4n) is 3.86. The van der Waals surface area contributed by atoms with Crippen LogP contribution < -0.4 is 4.74 Å². The Morgan fingerprint density at radius 3 is 1.91 bits per heavy atom. The summed E-state index contributed by atoms with van der Waals surface area (Å²) in [6.07, 6.45) is 17.0. The molecule has 2 aromatic carbocycles. The first kappa shape index (κ1) is 26.8. The number of halogens is 1. The maximum atomic E-state index is 14.3. The summed E-state index contributed by atoms with van der Waals surface area (Å²) >= 11 is 0. The largest absolute Gasteiger partial charge is 0.423 e. The van der Waals surface area contributed by atoms with Gasteiger partial charge in [-0.2, -0.15) is 0 Å². The van der Waals surface area contributed by atoms with E-state index in [2.05, 4.69) is 13.8 Å². The fourth-order valence-corrected chi connectivity index (χ4v) is 3.86. The smallest absolute Gasteiger partial charge is 0.343 e. The summed E-state index contributed by atoms with van der Waals surface area (Å²) < 4.78 is 19.8. The highest BCUT2D eigenvalue weighted by molar-refractivity contribution is 5.91. The van der Waals surface area contributed by atoms with Gasteiger partial charge in [0.05, 0.1) is 5.56 Å². The molecule has 0 radical (unpaired) electrons. The molecule has 0 aliphatic rings. The fraction of sp³-hybridized carbons (Fsp3) is 0.500. The monoisotopic (exact) mass is 452 g/mol. The van der Waals surface area contributed by atoms with Crippen molar-refractivity contribution in [2.24, 2.45) is 0 Å². The summed E-state index contributed by atoms with van der Waals surface area (Å²) in [5.74, 6) is -0.123. The first-order chi connectivity index (χ1) is 16.1. The number of carbonyl (C=O) groups excluding carboxylic acids is 1. The van der Waals surface area contributed by atoms with Crippen molar-refractivity contribution in [2.75, 3.05) is 0 Å². The first-order valence-electron chi connectivity index (χ1n) is 12.9. The topological polar surface area (TPSA) is 26.3 Å². The van der Waals surface area contributed by atoms with E-state index < -0.39 is 5.97 Å². The van der Waals surface area contributed by atoms with Gasteiger partial charge in [-0.3, -0.25) is 0 Å². The molecule has 0 saturated carbocycles. The number of carbonyl (C=O) groups is 1. The summed E-state index contributed by atoms with van der Waals surface area (Å²) in [5.41, 5.74) is 2.18. The van der Waals surface area contributed by atoms with E-state index in [-0.39, 0.29) is 5.83 Å². The number of benzene rings is 2. The molecule has 0 N–H and O–H groups in total.